The normalized spacial score (nSPS) is 15.3. The number of rotatable bonds is 20. The van der Waals surface area contributed by atoms with E-state index >= 15 is 0 Å². The molecule has 2 atom stereocenters. The van der Waals surface area contributed by atoms with Gasteiger partial charge in [0.15, 0.2) is 0 Å². The number of alkyl halides is 1. The minimum absolute atomic E-state index is 0.0669. The predicted octanol–water partition coefficient (Wildman–Crippen LogP) is 7.40. The molecule has 0 aromatic carbocycles. The first-order valence-electron chi connectivity index (χ1n) is 11.7. The Morgan fingerprint density at radius 3 is 1.67 bits per heavy atom. The zero-order valence-corrected chi connectivity index (χ0v) is 18.9. The van der Waals surface area contributed by atoms with Gasteiger partial charge in [-0.05, 0) is 38.5 Å². The Labute approximate surface area is 174 Å². The van der Waals surface area contributed by atoms with E-state index in [1.807, 2.05) is 0 Å². The van der Waals surface area contributed by atoms with E-state index in [0.717, 1.165) is 51.4 Å². The monoisotopic (exact) mass is 402 g/mol. The summed E-state index contributed by atoms with van der Waals surface area (Å²) in [4.78, 5) is 0. The molecular weight excluding hydrogens is 356 g/mol. The van der Waals surface area contributed by atoms with Crippen molar-refractivity contribution >= 4 is 11.6 Å². The highest BCUT2D eigenvalue weighted by Gasteiger charge is 2.25. The van der Waals surface area contributed by atoms with Crippen LogP contribution in [0.4, 0.5) is 0 Å². The van der Waals surface area contributed by atoms with Gasteiger partial charge >= 0.3 is 0 Å². The van der Waals surface area contributed by atoms with Crippen molar-refractivity contribution in [1.29, 1.82) is 0 Å². The smallest absolute Gasteiger partial charge is 0.0593 e. The van der Waals surface area contributed by atoms with Gasteiger partial charge in [-0.3, -0.25) is 0 Å². The molecule has 162 valence electrons. The third-order valence-corrected chi connectivity index (χ3v) is 5.76. The molecule has 0 saturated heterocycles. The SMILES string of the molecule is CCCCCC(O)C(CCCCCCC/C=C\CCCl)C(O)CCCCC. The van der Waals surface area contributed by atoms with Gasteiger partial charge in [-0.2, -0.15) is 0 Å². The molecule has 0 fully saturated rings. The molecule has 27 heavy (non-hydrogen) atoms. The molecule has 0 rings (SSSR count). The number of aliphatic hydroxyl groups excluding tert-OH is 2. The summed E-state index contributed by atoms with van der Waals surface area (Å²) in [6.07, 6.45) is 21.5. The summed E-state index contributed by atoms with van der Waals surface area (Å²) < 4.78 is 0. The number of unbranched alkanes of at least 4 members (excludes halogenated alkanes) is 9. The van der Waals surface area contributed by atoms with Gasteiger partial charge in [0, 0.05) is 11.8 Å². The topological polar surface area (TPSA) is 40.5 Å². The highest BCUT2D eigenvalue weighted by molar-refractivity contribution is 6.17. The Hall–Kier alpha value is -0.0500. The van der Waals surface area contributed by atoms with Crippen molar-refractivity contribution in [3.8, 4) is 0 Å². The highest BCUT2D eigenvalue weighted by Crippen LogP contribution is 2.25. The number of hydrogen-bond acceptors (Lipinski definition) is 2. The second-order valence-electron chi connectivity index (χ2n) is 8.08. The number of aliphatic hydroxyl groups is 2. The van der Waals surface area contributed by atoms with Crippen LogP contribution >= 0.6 is 11.6 Å². The van der Waals surface area contributed by atoms with Gasteiger partial charge in [0.2, 0.25) is 0 Å². The van der Waals surface area contributed by atoms with Gasteiger partial charge in [0.25, 0.3) is 0 Å². The Balaban J connectivity index is 4.07. The molecule has 0 radical (unpaired) electrons. The van der Waals surface area contributed by atoms with Gasteiger partial charge < -0.3 is 10.2 Å². The van der Waals surface area contributed by atoms with Crippen molar-refractivity contribution in [2.24, 2.45) is 5.92 Å². The van der Waals surface area contributed by atoms with Crippen LogP contribution in [0.3, 0.4) is 0 Å². The number of hydrogen-bond donors (Lipinski definition) is 2. The Bertz CT molecular complexity index is 304. The Kier molecular flexibility index (Phi) is 20.6. The van der Waals surface area contributed by atoms with E-state index in [9.17, 15) is 10.2 Å². The third kappa shape index (κ3) is 16.6. The lowest BCUT2D eigenvalue weighted by atomic mass is 9.85. The second kappa shape index (κ2) is 20.7. The average Bonchev–Trinajstić information content (AvgIpc) is 2.66. The van der Waals surface area contributed by atoms with Crippen molar-refractivity contribution in [1.82, 2.24) is 0 Å². The molecule has 0 aliphatic rings. The molecule has 0 aliphatic carbocycles. The molecule has 2 unspecified atom stereocenters. The Morgan fingerprint density at radius 2 is 1.11 bits per heavy atom. The highest BCUT2D eigenvalue weighted by atomic mass is 35.5. The summed E-state index contributed by atoms with van der Waals surface area (Å²) in [6.45, 7) is 4.38. The van der Waals surface area contributed by atoms with Gasteiger partial charge in [0.05, 0.1) is 12.2 Å². The minimum atomic E-state index is -0.333. The van der Waals surface area contributed by atoms with Crippen LogP contribution < -0.4 is 0 Å². The van der Waals surface area contributed by atoms with E-state index in [0.29, 0.717) is 5.88 Å². The van der Waals surface area contributed by atoms with Crippen LogP contribution in [0.5, 0.6) is 0 Å². The molecular formula is C24H47ClO2. The van der Waals surface area contributed by atoms with Crippen LogP contribution in [0, 0.1) is 5.92 Å². The number of halogens is 1. The molecule has 0 aromatic rings. The molecule has 0 aromatic heterocycles. The maximum Gasteiger partial charge on any atom is 0.0593 e. The molecule has 0 bridgehead atoms. The fourth-order valence-electron chi connectivity index (χ4n) is 3.75. The van der Waals surface area contributed by atoms with Crippen LogP contribution in [0.1, 0.15) is 117 Å². The summed E-state index contributed by atoms with van der Waals surface area (Å²) in [5, 5.41) is 21.3. The summed E-state index contributed by atoms with van der Waals surface area (Å²) in [5.74, 6) is 0.781. The lowest BCUT2D eigenvalue weighted by Gasteiger charge is -2.28. The largest absolute Gasteiger partial charge is 0.393 e. The third-order valence-electron chi connectivity index (χ3n) is 5.55. The fraction of sp³-hybridized carbons (Fsp3) is 0.917. The molecule has 2 nitrogen and oxygen atoms in total. The molecule has 2 N–H and O–H groups in total. The number of allylic oxidation sites excluding steroid dienone is 2. The van der Waals surface area contributed by atoms with Crippen molar-refractivity contribution in [2.45, 2.75) is 129 Å². The van der Waals surface area contributed by atoms with Gasteiger partial charge in [-0.1, -0.05) is 90.2 Å². The molecule has 0 amide bonds. The zero-order chi connectivity index (χ0) is 20.2. The maximum atomic E-state index is 10.6. The van der Waals surface area contributed by atoms with Crippen LogP contribution in [0.2, 0.25) is 0 Å². The van der Waals surface area contributed by atoms with Crippen LogP contribution in [-0.4, -0.2) is 28.3 Å². The molecule has 0 heterocycles. The molecule has 0 spiro atoms. The molecule has 0 aliphatic heterocycles. The average molecular weight is 403 g/mol. The lowest BCUT2D eigenvalue weighted by molar-refractivity contribution is -0.00316. The first kappa shape index (κ1) is 27.0. The van der Waals surface area contributed by atoms with E-state index in [4.69, 9.17) is 11.6 Å². The first-order chi connectivity index (χ1) is 13.2. The maximum absolute atomic E-state index is 10.6. The second-order valence-corrected chi connectivity index (χ2v) is 8.46. The van der Waals surface area contributed by atoms with Crippen molar-refractivity contribution in [2.75, 3.05) is 5.88 Å². The molecule has 3 heteroatoms. The summed E-state index contributed by atoms with van der Waals surface area (Å²) in [7, 11) is 0. The van der Waals surface area contributed by atoms with Crippen molar-refractivity contribution in [3.05, 3.63) is 12.2 Å². The van der Waals surface area contributed by atoms with E-state index in [-0.39, 0.29) is 18.1 Å². The molecule has 0 saturated carbocycles. The Morgan fingerprint density at radius 1 is 0.630 bits per heavy atom. The van der Waals surface area contributed by atoms with Crippen LogP contribution in [-0.2, 0) is 0 Å². The van der Waals surface area contributed by atoms with E-state index in [2.05, 4.69) is 26.0 Å². The summed E-state index contributed by atoms with van der Waals surface area (Å²) >= 11 is 5.65. The quantitative estimate of drug-likeness (QED) is 0.126. The first-order valence-corrected chi connectivity index (χ1v) is 12.3. The van der Waals surface area contributed by atoms with Crippen molar-refractivity contribution < 1.29 is 10.2 Å². The van der Waals surface area contributed by atoms with Crippen molar-refractivity contribution in [3.63, 3.8) is 0 Å². The van der Waals surface area contributed by atoms with Gasteiger partial charge in [0.1, 0.15) is 0 Å². The summed E-state index contributed by atoms with van der Waals surface area (Å²) in [6, 6.07) is 0. The summed E-state index contributed by atoms with van der Waals surface area (Å²) in [5.41, 5.74) is 0. The van der Waals surface area contributed by atoms with Crippen LogP contribution in [0.15, 0.2) is 12.2 Å². The van der Waals surface area contributed by atoms with Gasteiger partial charge in [-0.15, -0.1) is 11.6 Å². The zero-order valence-electron chi connectivity index (χ0n) is 18.2. The standard InChI is InChI=1S/C24H47ClO2/c1-3-5-14-19-23(26)22(24(27)20-15-6-4-2)18-16-12-10-8-7-9-11-13-17-21-25/h11,13,22-24,26-27H,3-10,12,14-21H2,1-2H3/b13-11-. The predicted molar refractivity (Wildman–Crippen MR) is 121 cm³/mol. The van der Waals surface area contributed by atoms with E-state index < -0.39 is 0 Å². The van der Waals surface area contributed by atoms with Crippen LogP contribution in [0.25, 0.3) is 0 Å². The van der Waals surface area contributed by atoms with E-state index in [1.54, 1.807) is 0 Å². The minimum Gasteiger partial charge on any atom is -0.393 e. The fourth-order valence-corrected chi connectivity index (χ4v) is 3.87. The van der Waals surface area contributed by atoms with Gasteiger partial charge in [-0.25, -0.2) is 0 Å². The van der Waals surface area contributed by atoms with E-state index in [1.165, 1.54) is 51.4 Å². The lowest BCUT2D eigenvalue weighted by Crippen LogP contribution is -2.32.